The Hall–Kier alpha value is -1.20. The van der Waals surface area contributed by atoms with Gasteiger partial charge in [-0.05, 0) is 44.4 Å². The molecular weight excluding hydrogens is 234 g/mol. The molecule has 0 N–H and O–H groups in total. The molecule has 1 fully saturated rings. The summed E-state index contributed by atoms with van der Waals surface area (Å²) in [5.41, 5.74) is 0.948. The SMILES string of the molecule is CN1CCC(n2cnc3ccsc3c2=O)CC1. The van der Waals surface area contributed by atoms with Gasteiger partial charge in [-0.3, -0.25) is 9.36 Å². The van der Waals surface area contributed by atoms with Crippen LogP contribution in [0.2, 0.25) is 0 Å². The van der Waals surface area contributed by atoms with Crippen LogP contribution in [0.1, 0.15) is 18.9 Å². The van der Waals surface area contributed by atoms with Crippen LogP contribution < -0.4 is 5.56 Å². The Morgan fingerprint density at radius 3 is 2.94 bits per heavy atom. The van der Waals surface area contributed by atoms with Crippen LogP contribution in [0.25, 0.3) is 10.2 Å². The monoisotopic (exact) mass is 249 g/mol. The maximum Gasteiger partial charge on any atom is 0.271 e. The van der Waals surface area contributed by atoms with E-state index < -0.39 is 0 Å². The van der Waals surface area contributed by atoms with Gasteiger partial charge in [-0.1, -0.05) is 0 Å². The lowest BCUT2D eigenvalue weighted by Gasteiger charge is -2.29. The fourth-order valence-electron chi connectivity index (χ4n) is 2.39. The Labute approximate surface area is 104 Å². The Morgan fingerprint density at radius 2 is 2.18 bits per heavy atom. The summed E-state index contributed by atoms with van der Waals surface area (Å²) in [7, 11) is 2.12. The van der Waals surface area contributed by atoms with Crippen molar-refractivity contribution >= 4 is 21.6 Å². The second-order valence-electron chi connectivity index (χ2n) is 4.63. The molecule has 3 heterocycles. The molecule has 0 aliphatic carbocycles. The summed E-state index contributed by atoms with van der Waals surface area (Å²) in [5.74, 6) is 0. The van der Waals surface area contributed by atoms with E-state index in [4.69, 9.17) is 0 Å². The zero-order chi connectivity index (χ0) is 11.8. The molecule has 0 unspecified atom stereocenters. The molecular formula is C12H15N3OS. The summed E-state index contributed by atoms with van der Waals surface area (Å²) in [4.78, 5) is 19.0. The summed E-state index contributed by atoms with van der Waals surface area (Å²) in [6.45, 7) is 2.11. The van der Waals surface area contributed by atoms with E-state index in [2.05, 4.69) is 16.9 Å². The molecule has 0 saturated carbocycles. The number of thiophene rings is 1. The highest BCUT2D eigenvalue weighted by Crippen LogP contribution is 2.21. The Bertz CT molecular complexity index is 581. The number of aromatic nitrogens is 2. The van der Waals surface area contributed by atoms with E-state index in [-0.39, 0.29) is 5.56 Å². The Morgan fingerprint density at radius 1 is 1.41 bits per heavy atom. The van der Waals surface area contributed by atoms with Crippen molar-refractivity contribution in [2.24, 2.45) is 0 Å². The first-order valence-electron chi connectivity index (χ1n) is 5.88. The zero-order valence-electron chi connectivity index (χ0n) is 9.80. The topological polar surface area (TPSA) is 38.1 Å². The molecule has 1 aliphatic rings. The van der Waals surface area contributed by atoms with E-state index in [1.807, 2.05) is 16.0 Å². The van der Waals surface area contributed by atoms with E-state index in [1.165, 1.54) is 11.3 Å². The van der Waals surface area contributed by atoms with E-state index in [9.17, 15) is 4.79 Å². The molecule has 5 heteroatoms. The van der Waals surface area contributed by atoms with Gasteiger partial charge >= 0.3 is 0 Å². The molecule has 1 saturated heterocycles. The number of fused-ring (bicyclic) bond motifs is 1. The van der Waals surface area contributed by atoms with Gasteiger partial charge in [0.15, 0.2) is 0 Å². The average Bonchev–Trinajstić information content (AvgIpc) is 2.80. The largest absolute Gasteiger partial charge is 0.306 e. The van der Waals surface area contributed by atoms with Gasteiger partial charge in [0.2, 0.25) is 0 Å². The van der Waals surface area contributed by atoms with E-state index in [0.717, 1.165) is 36.1 Å². The second-order valence-corrected chi connectivity index (χ2v) is 5.54. The highest BCUT2D eigenvalue weighted by molar-refractivity contribution is 7.17. The van der Waals surface area contributed by atoms with Gasteiger partial charge < -0.3 is 4.90 Å². The average molecular weight is 249 g/mol. The summed E-state index contributed by atoms with van der Waals surface area (Å²) >= 11 is 1.49. The molecule has 0 spiro atoms. The minimum Gasteiger partial charge on any atom is -0.306 e. The third kappa shape index (κ3) is 1.89. The van der Waals surface area contributed by atoms with Gasteiger partial charge in [-0.25, -0.2) is 4.98 Å². The molecule has 90 valence electrons. The maximum atomic E-state index is 12.3. The molecule has 3 rings (SSSR count). The second kappa shape index (κ2) is 4.23. The quantitative estimate of drug-likeness (QED) is 0.772. The van der Waals surface area contributed by atoms with Gasteiger partial charge in [0, 0.05) is 6.04 Å². The number of hydrogen-bond acceptors (Lipinski definition) is 4. The highest BCUT2D eigenvalue weighted by atomic mass is 32.1. The smallest absolute Gasteiger partial charge is 0.271 e. The standard InChI is InChI=1S/C12H15N3OS/c1-14-5-2-9(3-6-14)15-8-13-10-4-7-17-11(10)12(15)16/h4,7-9H,2-3,5-6H2,1H3. The van der Waals surface area contributed by atoms with Crippen molar-refractivity contribution in [1.29, 1.82) is 0 Å². The lowest BCUT2D eigenvalue weighted by molar-refractivity contribution is 0.218. The first kappa shape index (κ1) is 10.9. The van der Waals surface area contributed by atoms with Crippen molar-refractivity contribution in [1.82, 2.24) is 14.5 Å². The van der Waals surface area contributed by atoms with E-state index in [0.29, 0.717) is 6.04 Å². The van der Waals surface area contributed by atoms with Gasteiger partial charge in [-0.15, -0.1) is 11.3 Å². The number of rotatable bonds is 1. The predicted molar refractivity (Wildman–Crippen MR) is 69.6 cm³/mol. The molecule has 17 heavy (non-hydrogen) atoms. The summed E-state index contributed by atoms with van der Waals surface area (Å²) in [5, 5.41) is 1.93. The van der Waals surface area contributed by atoms with Crippen molar-refractivity contribution in [3.63, 3.8) is 0 Å². The van der Waals surface area contributed by atoms with Crippen LogP contribution in [0.4, 0.5) is 0 Å². The number of hydrogen-bond donors (Lipinski definition) is 0. The fourth-order valence-corrected chi connectivity index (χ4v) is 3.17. The first-order valence-corrected chi connectivity index (χ1v) is 6.76. The molecule has 0 amide bonds. The zero-order valence-corrected chi connectivity index (χ0v) is 10.6. The molecule has 0 radical (unpaired) electrons. The van der Waals surface area contributed by atoms with Gasteiger partial charge in [-0.2, -0.15) is 0 Å². The van der Waals surface area contributed by atoms with Crippen molar-refractivity contribution in [2.75, 3.05) is 20.1 Å². The lowest BCUT2D eigenvalue weighted by atomic mass is 10.1. The first-order chi connectivity index (χ1) is 8.25. The molecule has 2 aromatic heterocycles. The summed E-state index contributed by atoms with van der Waals surface area (Å²) in [6.07, 6.45) is 3.79. The highest BCUT2D eigenvalue weighted by Gasteiger charge is 2.20. The van der Waals surface area contributed by atoms with Crippen LogP contribution in [0.5, 0.6) is 0 Å². The van der Waals surface area contributed by atoms with Crippen molar-refractivity contribution in [3.05, 3.63) is 28.1 Å². The molecule has 1 aliphatic heterocycles. The van der Waals surface area contributed by atoms with E-state index >= 15 is 0 Å². The van der Waals surface area contributed by atoms with E-state index in [1.54, 1.807) is 6.33 Å². The minimum atomic E-state index is 0.125. The van der Waals surface area contributed by atoms with Gasteiger partial charge in [0.05, 0.1) is 11.8 Å². The van der Waals surface area contributed by atoms with Crippen LogP contribution in [0.15, 0.2) is 22.6 Å². The summed E-state index contributed by atoms with van der Waals surface area (Å²) in [6, 6.07) is 2.22. The van der Waals surface area contributed by atoms with Crippen molar-refractivity contribution in [2.45, 2.75) is 18.9 Å². The normalized spacial score (nSPS) is 18.9. The van der Waals surface area contributed by atoms with Crippen LogP contribution >= 0.6 is 11.3 Å². The number of nitrogens with zero attached hydrogens (tertiary/aromatic N) is 3. The summed E-state index contributed by atoms with van der Waals surface area (Å²) < 4.78 is 2.61. The van der Waals surface area contributed by atoms with Gasteiger partial charge in [0.25, 0.3) is 5.56 Å². The van der Waals surface area contributed by atoms with Crippen LogP contribution in [0.3, 0.4) is 0 Å². The lowest BCUT2D eigenvalue weighted by Crippen LogP contribution is -2.35. The Kier molecular flexibility index (Phi) is 2.72. The molecule has 0 aromatic carbocycles. The van der Waals surface area contributed by atoms with Crippen LogP contribution in [0, 0.1) is 0 Å². The third-order valence-electron chi connectivity index (χ3n) is 3.48. The van der Waals surface area contributed by atoms with Crippen molar-refractivity contribution < 1.29 is 0 Å². The predicted octanol–water partition coefficient (Wildman–Crippen LogP) is 1.72. The third-order valence-corrected chi connectivity index (χ3v) is 4.37. The molecule has 0 bridgehead atoms. The number of likely N-dealkylation sites (tertiary alicyclic amines) is 1. The molecule has 0 atom stereocenters. The van der Waals surface area contributed by atoms with Crippen molar-refractivity contribution in [3.8, 4) is 0 Å². The van der Waals surface area contributed by atoms with Gasteiger partial charge in [0.1, 0.15) is 4.70 Å². The van der Waals surface area contributed by atoms with Crippen LogP contribution in [-0.4, -0.2) is 34.6 Å². The molecule has 2 aromatic rings. The maximum absolute atomic E-state index is 12.3. The number of piperidine rings is 1. The van der Waals surface area contributed by atoms with Crippen LogP contribution in [-0.2, 0) is 0 Å². The Balaban J connectivity index is 2.00. The minimum absolute atomic E-state index is 0.125. The molecule has 4 nitrogen and oxygen atoms in total. The fraction of sp³-hybridized carbons (Fsp3) is 0.500.